The minimum absolute atomic E-state index is 0.00721. The summed E-state index contributed by atoms with van der Waals surface area (Å²) in [4.78, 5) is 44.4. The van der Waals surface area contributed by atoms with Gasteiger partial charge in [-0.1, -0.05) is 17.7 Å². The molecule has 3 fully saturated rings. The van der Waals surface area contributed by atoms with Crippen LogP contribution >= 0.6 is 11.6 Å². The van der Waals surface area contributed by atoms with Gasteiger partial charge in [0.15, 0.2) is 0 Å². The molecule has 184 valence electrons. The van der Waals surface area contributed by atoms with E-state index in [9.17, 15) is 14.4 Å². The van der Waals surface area contributed by atoms with E-state index < -0.39 is 0 Å². The van der Waals surface area contributed by atoms with Crippen LogP contribution in [-0.2, 0) is 4.79 Å². The lowest BCUT2D eigenvalue weighted by Crippen LogP contribution is -2.49. The van der Waals surface area contributed by atoms with Crippen molar-refractivity contribution in [2.24, 2.45) is 5.92 Å². The van der Waals surface area contributed by atoms with E-state index in [1.54, 1.807) is 24.3 Å². The van der Waals surface area contributed by atoms with Gasteiger partial charge in [-0.3, -0.25) is 14.4 Å². The normalized spacial score (nSPS) is 18.4. The Balaban J connectivity index is 1.32. The Hall–Kier alpha value is -3.10. The molecule has 1 saturated carbocycles. The molecule has 0 radical (unpaired) electrons. The third-order valence-corrected chi connectivity index (χ3v) is 7.07. The van der Waals surface area contributed by atoms with Crippen molar-refractivity contribution in [2.75, 3.05) is 62.6 Å². The number of amides is 3. The molecule has 35 heavy (non-hydrogen) atoms. The number of piperazine rings is 2. The van der Waals surface area contributed by atoms with E-state index in [2.05, 4.69) is 15.5 Å². The summed E-state index contributed by atoms with van der Waals surface area (Å²) in [5.41, 5.74) is 2.71. The van der Waals surface area contributed by atoms with Gasteiger partial charge in [-0.25, -0.2) is 0 Å². The standard InChI is InChI=1S/C26H30ClN5O3/c27-21-3-1-2-19(16-21)25(34)32-14-12-30(13-15-32)23-7-6-20(26(35)31-10-8-28-9-11-31)17-22(23)29-24(33)18-4-5-18/h1-3,6-7,16-18,28H,4-5,8-15H2,(H,29,33). The van der Waals surface area contributed by atoms with Crippen molar-refractivity contribution < 1.29 is 14.4 Å². The zero-order valence-corrected chi connectivity index (χ0v) is 20.4. The van der Waals surface area contributed by atoms with Crippen molar-refractivity contribution in [3.8, 4) is 0 Å². The third kappa shape index (κ3) is 5.44. The highest BCUT2D eigenvalue weighted by Gasteiger charge is 2.31. The maximum Gasteiger partial charge on any atom is 0.254 e. The predicted molar refractivity (Wildman–Crippen MR) is 136 cm³/mol. The fourth-order valence-electron chi connectivity index (χ4n) is 4.63. The summed E-state index contributed by atoms with van der Waals surface area (Å²) in [6, 6.07) is 12.6. The number of rotatable bonds is 5. The molecule has 0 bridgehead atoms. The van der Waals surface area contributed by atoms with Crippen molar-refractivity contribution in [3.63, 3.8) is 0 Å². The Kier molecular flexibility index (Phi) is 6.92. The van der Waals surface area contributed by atoms with Gasteiger partial charge in [0.25, 0.3) is 11.8 Å². The molecule has 1 aliphatic carbocycles. The van der Waals surface area contributed by atoms with Crippen molar-refractivity contribution in [3.05, 3.63) is 58.6 Å². The van der Waals surface area contributed by atoms with E-state index in [1.807, 2.05) is 28.0 Å². The Bertz CT molecular complexity index is 1120. The van der Waals surface area contributed by atoms with E-state index in [-0.39, 0.29) is 23.6 Å². The predicted octanol–water partition coefficient (Wildman–Crippen LogP) is 2.70. The van der Waals surface area contributed by atoms with Crippen molar-refractivity contribution in [1.29, 1.82) is 0 Å². The van der Waals surface area contributed by atoms with Crippen LogP contribution in [0.1, 0.15) is 33.6 Å². The molecule has 0 atom stereocenters. The van der Waals surface area contributed by atoms with Crippen LogP contribution in [0.3, 0.4) is 0 Å². The average molecular weight is 496 g/mol. The fraction of sp³-hybridized carbons (Fsp3) is 0.423. The summed E-state index contributed by atoms with van der Waals surface area (Å²) in [6.45, 7) is 5.29. The first kappa shape index (κ1) is 23.6. The quantitative estimate of drug-likeness (QED) is 0.666. The summed E-state index contributed by atoms with van der Waals surface area (Å²) in [6.07, 6.45) is 1.82. The molecule has 2 aromatic rings. The van der Waals surface area contributed by atoms with Crippen LogP contribution in [0.5, 0.6) is 0 Å². The number of nitrogens with one attached hydrogen (secondary N) is 2. The second-order valence-corrected chi connectivity index (χ2v) is 9.76. The lowest BCUT2D eigenvalue weighted by Gasteiger charge is -2.37. The van der Waals surface area contributed by atoms with Gasteiger partial charge in [-0.15, -0.1) is 0 Å². The molecule has 2 aromatic carbocycles. The second kappa shape index (κ2) is 10.3. The topological polar surface area (TPSA) is 85.0 Å². The molecule has 2 heterocycles. The SMILES string of the molecule is O=C(Nc1cc(C(=O)N2CCNCC2)ccc1N1CCN(C(=O)c2cccc(Cl)c2)CC1)C1CC1. The van der Waals surface area contributed by atoms with Crippen LogP contribution in [-0.4, -0.2) is 79.9 Å². The van der Waals surface area contributed by atoms with Gasteiger partial charge in [0.05, 0.1) is 11.4 Å². The first-order valence-corrected chi connectivity index (χ1v) is 12.6. The van der Waals surface area contributed by atoms with Gasteiger partial charge in [0, 0.05) is 74.4 Å². The minimum atomic E-state index is -0.0358. The Morgan fingerprint density at radius 1 is 0.829 bits per heavy atom. The minimum Gasteiger partial charge on any atom is -0.366 e. The molecule has 0 spiro atoms. The molecule has 9 heteroatoms. The number of halogens is 1. The summed E-state index contributed by atoms with van der Waals surface area (Å²) < 4.78 is 0. The average Bonchev–Trinajstić information content (AvgIpc) is 3.74. The van der Waals surface area contributed by atoms with Crippen LogP contribution in [0, 0.1) is 5.92 Å². The zero-order chi connectivity index (χ0) is 24.4. The van der Waals surface area contributed by atoms with Crippen LogP contribution in [0.15, 0.2) is 42.5 Å². The highest BCUT2D eigenvalue weighted by atomic mass is 35.5. The zero-order valence-electron chi connectivity index (χ0n) is 19.6. The van der Waals surface area contributed by atoms with E-state index in [0.717, 1.165) is 31.6 Å². The van der Waals surface area contributed by atoms with E-state index in [0.29, 0.717) is 61.1 Å². The molecule has 2 N–H and O–H groups in total. The number of anilines is 2. The molecule has 0 unspecified atom stereocenters. The van der Waals surface area contributed by atoms with Crippen LogP contribution in [0.4, 0.5) is 11.4 Å². The molecule has 2 saturated heterocycles. The lowest BCUT2D eigenvalue weighted by molar-refractivity contribution is -0.117. The Labute approximate surface area is 210 Å². The smallest absolute Gasteiger partial charge is 0.254 e. The second-order valence-electron chi connectivity index (χ2n) is 9.33. The summed E-state index contributed by atoms with van der Waals surface area (Å²) >= 11 is 6.06. The summed E-state index contributed by atoms with van der Waals surface area (Å²) in [5, 5.41) is 6.88. The van der Waals surface area contributed by atoms with E-state index >= 15 is 0 Å². The maximum absolute atomic E-state index is 13.1. The van der Waals surface area contributed by atoms with Crippen molar-refractivity contribution >= 4 is 40.7 Å². The van der Waals surface area contributed by atoms with E-state index in [1.165, 1.54) is 0 Å². The van der Waals surface area contributed by atoms with Crippen LogP contribution < -0.4 is 15.5 Å². The van der Waals surface area contributed by atoms with Gasteiger partial charge in [-0.05, 0) is 49.2 Å². The fourth-order valence-corrected chi connectivity index (χ4v) is 4.82. The number of carbonyl (C=O) groups is 3. The molecular weight excluding hydrogens is 466 g/mol. The van der Waals surface area contributed by atoms with Gasteiger partial charge in [0.2, 0.25) is 5.91 Å². The molecule has 3 aliphatic rings. The van der Waals surface area contributed by atoms with E-state index in [4.69, 9.17) is 11.6 Å². The number of benzene rings is 2. The van der Waals surface area contributed by atoms with Gasteiger partial charge in [-0.2, -0.15) is 0 Å². The highest BCUT2D eigenvalue weighted by Crippen LogP contribution is 2.34. The van der Waals surface area contributed by atoms with Gasteiger partial charge < -0.3 is 25.3 Å². The number of hydrogen-bond donors (Lipinski definition) is 2. The monoisotopic (exact) mass is 495 g/mol. The summed E-state index contributed by atoms with van der Waals surface area (Å²) in [5.74, 6) is 0.0126. The number of carbonyl (C=O) groups excluding carboxylic acids is 3. The first-order chi connectivity index (χ1) is 17.0. The van der Waals surface area contributed by atoms with Gasteiger partial charge in [0.1, 0.15) is 0 Å². The highest BCUT2D eigenvalue weighted by molar-refractivity contribution is 6.31. The number of nitrogens with zero attached hydrogens (tertiary/aromatic N) is 3. The number of hydrogen-bond acceptors (Lipinski definition) is 5. The molecular formula is C26H30ClN5O3. The van der Waals surface area contributed by atoms with Crippen LogP contribution in [0.25, 0.3) is 0 Å². The molecule has 2 aliphatic heterocycles. The first-order valence-electron chi connectivity index (χ1n) is 12.2. The molecule has 8 nitrogen and oxygen atoms in total. The van der Waals surface area contributed by atoms with Crippen LogP contribution in [0.2, 0.25) is 5.02 Å². The molecule has 0 aromatic heterocycles. The Morgan fingerprint density at radius 2 is 1.49 bits per heavy atom. The lowest BCUT2D eigenvalue weighted by atomic mass is 10.1. The Morgan fingerprint density at radius 3 is 2.14 bits per heavy atom. The largest absolute Gasteiger partial charge is 0.366 e. The molecule has 5 rings (SSSR count). The third-order valence-electron chi connectivity index (χ3n) is 6.83. The van der Waals surface area contributed by atoms with Crippen molar-refractivity contribution in [1.82, 2.24) is 15.1 Å². The van der Waals surface area contributed by atoms with Gasteiger partial charge >= 0.3 is 0 Å². The molecule has 3 amide bonds. The van der Waals surface area contributed by atoms with Crippen molar-refractivity contribution in [2.45, 2.75) is 12.8 Å². The summed E-state index contributed by atoms with van der Waals surface area (Å²) in [7, 11) is 0. The maximum atomic E-state index is 13.1.